The second-order valence-electron chi connectivity index (χ2n) is 6.32. The summed E-state index contributed by atoms with van der Waals surface area (Å²) in [4.78, 5) is 24.5. The van der Waals surface area contributed by atoms with Crippen LogP contribution in [0.25, 0.3) is 10.8 Å². The van der Waals surface area contributed by atoms with Gasteiger partial charge in [-0.2, -0.15) is 10.2 Å². The van der Waals surface area contributed by atoms with Crippen molar-refractivity contribution >= 4 is 22.4 Å². The normalized spacial score (nSPS) is 14.8. The Kier molecular flexibility index (Phi) is 4.42. The molecule has 1 amide bonds. The van der Waals surface area contributed by atoms with Crippen molar-refractivity contribution in [3.05, 3.63) is 69.6 Å². The van der Waals surface area contributed by atoms with Gasteiger partial charge in [-0.3, -0.25) is 9.59 Å². The number of aromatic nitrogens is 2. The Labute approximate surface area is 155 Å². The van der Waals surface area contributed by atoms with Gasteiger partial charge in [0.05, 0.1) is 18.2 Å². The van der Waals surface area contributed by atoms with Crippen LogP contribution in [0, 0.1) is 0 Å². The van der Waals surface area contributed by atoms with Gasteiger partial charge in [-0.1, -0.05) is 18.2 Å². The van der Waals surface area contributed by atoms with Crippen LogP contribution in [-0.2, 0) is 6.42 Å². The first-order valence-corrected chi connectivity index (χ1v) is 8.69. The van der Waals surface area contributed by atoms with Crippen LogP contribution in [0.1, 0.15) is 34.5 Å². The summed E-state index contributed by atoms with van der Waals surface area (Å²) in [5, 5.41) is 11.5. The molecule has 1 aliphatic carbocycles. The highest BCUT2D eigenvalue weighted by atomic mass is 16.5. The van der Waals surface area contributed by atoms with Crippen molar-refractivity contribution in [1.82, 2.24) is 15.6 Å². The fourth-order valence-electron chi connectivity index (χ4n) is 3.34. The highest BCUT2D eigenvalue weighted by Gasteiger charge is 2.18. The second-order valence-corrected chi connectivity index (χ2v) is 6.32. The van der Waals surface area contributed by atoms with E-state index in [9.17, 15) is 9.59 Å². The third kappa shape index (κ3) is 3.19. The number of carbonyl (C=O) groups is 1. The lowest BCUT2D eigenvalue weighted by Gasteiger charge is -2.18. The Bertz CT molecular complexity index is 1120. The van der Waals surface area contributed by atoms with E-state index in [4.69, 9.17) is 4.74 Å². The molecule has 0 aliphatic heterocycles. The van der Waals surface area contributed by atoms with E-state index in [1.807, 2.05) is 18.2 Å². The Morgan fingerprint density at radius 2 is 2.00 bits per heavy atom. The highest BCUT2D eigenvalue weighted by molar-refractivity contribution is 6.07. The van der Waals surface area contributed by atoms with E-state index in [0.717, 1.165) is 41.9 Å². The van der Waals surface area contributed by atoms with Crippen molar-refractivity contribution in [3.8, 4) is 5.75 Å². The predicted molar refractivity (Wildman–Crippen MR) is 102 cm³/mol. The van der Waals surface area contributed by atoms with Crippen LogP contribution in [0.3, 0.4) is 0 Å². The van der Waals surface area contributed by atoms with E-state index in [2.05, 4.69) is 20.7 Å². The molecule has 7 nitrogen and oxygen atoms in total. The molecule has 1 aromatic heterocycles. The summed E-state index contributed by atoms with van der Waals surface area (Å²) in [5.41, 5.74) is 5.38. The number of methoxy groups -OCH3 is 1. The molecule has 0 saturated carbocycles. The van der Waals surface area contributed by atoms with Gasteiger partial charge in [-0.05, 0) is 49.1 Å². The number of fused-ring (bicyclic) bond motifs is 2. The summed E-state index contributed by atoms with van der Waals surface area (Å²) in [6.07, 6.45) is 2.68. The van der Waals surface area contributed by atoms with Crippen molar-refractivity contribution in [2.45, 2.75) is 19.3 Å². The molecule has 0 atom stereocenters. The van der Waals surface area contributed by atoms with Crippen molar-refractivity contribution in [2.75, 3.05) is 7.11 Å². The van der Waals surface area contributed by atoms with Crippen molar-refractivity contribution in [2.24, 2.45) is 5.10 Å². The second kappa shape index (κ2) is 7.03. The fourth-order valence-corrected chi connectivity index (χ4v) is 3.34. The van der Waals surface area contributed by atoms with Gasteiger partial charge in [-0.25, -0.2) is 10.5 Å². The Hall–Kier alpha value is -3.48. The van der Waals surface area contributed by atoms with E-state index < -0.39 is 5.91 Å². The minimum atomic E-state index is -0.462. The van der Waals surface area contributed by atoms with Gasteiger partial charge in [0.2, 0.25) is 0 Å². The van der Waals surface area contributed by atoms with Crippen LogP contribution < -0.4 is 15.7 Å². The molecule has 1 aliphatic rings. The summed E-state index contributed by atoms with van der Waals surface area (Å²) < 4.78 is 5.28. The number of aromatic amines is 1. The number of hydrazone groups is 1. The van der Waals surface area contributed by atoms with E-state index >= 15 is 0 Å². The van der Waals surface area contributed by atoms with Crippen molar-refractivity contribution in [1.29, 1.82) is 0 Å². The molecule has 3 aromatic rings. The lowest BCUT2D eigenvalue weighted by atomic mass is 9.90. The van der Waals surface area contributed by atoms with Crippen LogP contribution in [0.4, 0.5) is 0 Å². The molecule has 7 heteroatoms. The van der Waals surface area contributed by atoms with Crippen LogP contribution >= 0.6 is 0 Å². The summed E-state index contributed by atoms with van der Waals surface area (Å²) >= 11 is 0. The van der Waals surface area contributed by atoms with E-state index in [1.54, 1.807) is 31.4 Å². The molecule has 2 N–H and O–H groups in total. The zero-order chi connectivity index (χ0) is 18.8. The number of ether oxygens (including phenoxy) is 1. The number of nitrogens with zero attached hydrogens (tertiary/aromatic N) is 2. The maximum atomic E-state index is 12.6. The molecular formula is C20H18N4O3. The Balaban J connectivity index is 1.64. The largest absolute Gasteiger partial charge is 0.497 e. The molecule has 0 spiro atoms. The van der Waals surface area contributed by atoms with E-state index in [1.165, 1.54) is 0 Å². The van der Waals surface area contributed by atoms with Gasteiger partial charge in [0, 0.05) is 10.9 Å². The van der Waals surface area contributed by atoms with Gasteiger partial charge >= 0.3 is 0 Å². The minimum Gasteiger partial charge on any atom is -0.497 e. The van der Waals surface area contributed by atoms with E-state index in [-0.39, 0.29) is 11.3 Å². The summed E-state index contributed by atoms with van der Waals surface area (Å²) in [5.74, 6) is 0.346. The molecule has 136 valence electrons. The van der Waals surface area contributed by atoms with Crippen LogP contribution in [0.15, 0.2) is 52.4 Å². The number of hydrogen-bond donors (Lipinski definition) is 2. The monoisotopic (exact) mass is 362 g/mol. The van der Waals surface area contributed by atoms with E-state index in [0.29, 0.717) is 10.8 Å². The maximum absolute atomic E-state index is 12.6. The maximum Gasteiger partial charge on any atom is 0.292 e. The third-order valence-corrected chi connectivity index (χ3v) is 4.69. The van der Waals surface area contributed by atoms with Gasteiger partial charge in [-0.15, -0.1) is 0 Å². The molecule has 2 aromatic carbocycles. The first-order valence-electron chi connectivity index (χ1n) is 8.69. The summed E-state index contributed by atoms with van der Waals surface area (Å²) in [6.45, 7) is 0. The average Bonchev–Trinajstić information content (AvgIpc) is 2.72. The molecule has 0 saturated heterocycles. The zero-order valence-electron chi connectivity index (χ0n) is 14.8. The predicted octanol–water partition coefficient (Wildman–Crippen LogP) is 2.40. The molecule has 0 unspecified atom stereocenters. The first-order chi connectivity index (χ1) is 13.2. The molecule has 4 rings (SSSR count). The number of rotatable bonds is 3. The van der Waals surface area contributed by atoms with Crippen molar-refractivity contribution < 1.29 is 9.53 Å². The fraction of sp³-hybridized carbons (Fsp3) is 0.200. The van der Waals surface area contributed by atoms with Crippen LogP contribution in [-0.4, -0.2) is 28.9 Å². The number of amides is 1. The molecule has 0 fully saturated rings. The third-order valence-electron chi connectivity index (χ3n) is 4.69. The lowest BCUT2D eigenvalue weighted by molar-refractivity contribution is 0.0950. The molecule has 1 heterocycles. The van der Waals surface area contributed by atoms with Crippen molar-refractivity contribution in [3.63, 3.8) is 0 Å². The smallest absolute Gasteiger partial charge is 0.292 e. The average molecular weight is 362 g/mol. The topological polar surface area (TPSA) is 96.4 Å². The summed E-state index contributed by atoms with van der Waals surface area (Å²) in [6, 6.07) is 12.7. The van der Waals surface area contributed by atoms with Gasteiger partial charge < -0.3 is 4.74 Å². The molecule has 0 radical (unpaired) electrons. The number of nitrogens with one attached hydrogen (secondary N) is 2. The van der Waals surface area contributed by atoms with Gasteiger partial charge in [0.25, 0.3) is 11.5 Å². The van der Waals surface area contributed by atoms with Crippen LogP contribution in [0.2, 0.25) is 0 Å². The zero-order valence-corrected chi connectivity index (χ0v) is 14.8. The van der Waals surface area contributed by atoms with Gasteiger partial charge in [0.15, 0.2) is 5.69 Å². The molecule has 27 heavy (non-hydrogen) atoms. The summed E-state index contributed by atoms with van der Waals surface area (Å²) in [7, 11) is 1.64. The Morgan fingerprint density at radius 3 is 2.81 bits per heavy atom. The number of aryl methyl sites for hydroxylation is 1. The molecular weight excluding hydrogens is 344 g/mol. The number of H-pyrrole nitrogens is 1. The Morgan fingerprint density at radius 1 is 1.19 bits per heavy atom. The van der Waals surface area contributed by atoms with Crippen LogP contribution in [0.5, 0.6) is 5.75 Å². The molecule has 0 bridgehead atoms. The first kappa shape index (κ1) is 17.0. The SMILES string of the molecule is COc1ccc2c(c1)CCCC2=NNC(=O)c1n[nH]c(=O)c2ccccc12. The highest BCUT2D eigenvalue weighted by Crippen LogP contribution is 2.25. The number of hydrogen-bond acceptors (Lipinski definition) is 5. The standard InChI is InChI=1S/C20H18N4O3/c1-27-13-9-10-14-12(11-13)5-4-8-17(14)21-24-20(26)18-15-6-2-3-7-16(15)19(25)23-22-18/h2-3,6-7,9-11H,4-5,8H2,1H3,(H,23,25)(H,24,26). The van der Waals surface area contributed by atoms with Gasteiger partial charge in [0.1, 0.15) is 5.75 Å². The number of carbonyl (C=O) groups excluding carboxylic acids is 1. The minimum absolute atomic E-state index is 0.139. The number of benzene rings is 2. The lowest BCUT2D eigenvalue weighted by Crippen LogP contribution is -2.25. The quantitative estimate of drug-likeness (QED) is 0.699.